The van der Waals surface area contributed by atoms with E-state index in [1.807, 2.05) is 29.2 Å². The van der Waals surface area contributed by atoms with E-state index in [1.165, 1.54) is 0 Å². The second-order valence-electron chi connectivity index (χ2n) is 4.47. The van der Waals surface area contributed by atoms with Gasteiger partial charge in [-0.1, -0.05) is 0 Å². The Bertz CT molecular complexity index is 610. The average molecular weight is 275 g/mol. The van der Waals surface area contributed by atoms with Gasteiger partial charge in [0.15, 0.2) is 11.5 Å². The van der Waals surface area contributed by atoms with Gasteiger partial charge in [0, 0.05) is 19.3 Å². The van der Waals surface area contributed by atoms with Crippen LogP contribution in [-0.2, 0) is 13.1 Å². The third kappa shape index (κ3) is 2.36. The van der Waals surface area contributed by atoms with Crippen molar-refractivity contribution >= 4 is 5.69 Å². The zero-order valence-corrected chi connectivity index (χ0v) is 11.5. The third-order valence-corrected chi connectivity index (χ3v) is 3.17. The summed E-state index contributed by atoms with van der Waals surface area (Å²) in [5, 5.41) is 7.55. The van der Waals surface area contributed by atoms with Crippen LogP contribution in [0.5, 0.6) is 17.2 Å². The van der Waals surface area contributed by atoms with Gasteiger partial charge in [-0.05, 0) is 24.6 Å². The fourth-order valence-electron chi connectivity index (χ4n) is 2.12. The third-order valence-electron chi connectivity index (χ3n) is 3.17. The van der Waals surface area contributed by atoms with E-state index in [1.54, 1.807) is 7.11 Å². The lowest BCUT2D eigenvalue weighted by atomic mass is 10.2. The predicted molar refractivity (Wildman–Crippen MR) is 74.3 cm³/mol. The van der Waals surface area contributed by atoms with Gasteiger partial charge in [-0.2, -0.15) is 5.10 Å². The fourth-order valence-corrected chi connectivity index (χ4v) is 2.12. The SMILES string of the molecule is CCn1cc(NCc2cc(OC)c3c(c2)OCO3)cn1. The summed E-state index contributed by atoms with van der Waals surface area (Å²) in [5.41, 5.74) is 2.05. The number of nitrogens with zero attached hydrogens (tertiary/aromatic N) is 2. The Balaban J connectivity index is 1.74. The normalized spacial score (nSPS) is 12.5. The molecule has 2 heterocycles. The monoisotopic (exact) mass is 275 g/mol. The molecule has 0 radical (unpaired) electrons. The molecule has 0 saturated heterocycles. The molecule has 0 fully saturated rings. The van der Waals surface area contributed by atoms with E-state index < -0.39 is 0 Å². The Hall–Kier alpha value is -2.37. The molecule has 0 bridgehead atoms. The van der Waals surface area contributed by atoms with E-state index in [2.05, 4.69) is 17.3 Å². The molecule has 1 aliphatic heterocycles. The first-order chi connectivity index (χ1) is 9.80. The standard InChI is InChI=1S/C14H17N3O3/c1-3-17-8-11(7-16-17)15-6-10-4-12(18-2)14-13(5-10)19-9-20-14/h4-5,7-8,15H,3,6,9H2,1-2H3. The van der Waals surface area contributed by atoms with Crippen LogP contribution in [0, 0.1) is 0 Å². The largest absolute Gasteiger partial charge is 0.493 e. The number of rotatable bonds is 5. The summed E-state index contributed by atoms with van der Waals surface area (Å²) in [4.78, 5) is 0. The van der Waals surface area contributed by atoms with Gasteiger partial charge in [-0.25, -0.2) is 0 Å². The maximum atomic E-state index is 5.41. The molecule has 0 aliphatic carbocycles. The quantitative estimate of drug-likeness (QED) is 0.907. The number of ether oxygens (including phenoxy) is 3. The minimum atomic E-state index is 0.242. The van der Waals surface area contributed by atoms with Crippen molar-refractivity contribution in [1.29, 1.82) is 0 Å². The summed E-state index contributed by atoms with van der Waals surface area (Å²) in [6.45, 7) is 3.83. The number of hydrogen-bond acceptors (Lipinski definition) is 5. The number of methoxy groups -OCH3 is 1. The Kier molecular flexibility index (Phi) is 3.37. The highest BCUT2D eigenvalue weighted by molar-refractivity contribution is 5.55. The molecule has 6 heteroatoms. The molecule has 1 aliphatic rings. The van der Waals surface area contributed by atoms with Gasteiger partial charge in [-0.3, -0.25) is 4.68 Å². The molecule has 2 aromatic rings. The van der Waals surface area contributed by atoms with Gasteiger partial charge >= 0.3 is 0 Å². The molecule has 1 aromatic heterocycles. The second-order valence-corrected chi connectivity index (χ2v) is 4.47. The van der Waals surface area contributed by atoms with Gasteiger partial charge in [-0.15, -0.1) is 0 Å². The van der Waals surface area contributed by atoms with E-state index in [4.69, 9.17) is 14.2 Å². The molecule has 20 heavy (non-hydrogen) atoms. The van der Waals surface area contributed by atoms with Crippen molar-refractivity contribution in [2.24, 2.45) is 0 Å². The number of fused-ring (bicyclic) bond motifs is 1. The summed E-state index contributed by atoms with van der Waals surface area (Å²) in [6.07, 6.45) is 3.79. The number of benzene rings is 1. The van der Waals surface area contributed by atoms with Gasteiger partial charge in [0.05, 0.1) is 19.0 Å². The van der Waals surface area contributed by atoms with Crippen molar-refractivity contribution in [2.45, 2.75) is 20.0 Å². The summed E-state index contributed by atoms with van der Waals surface area (Å²) in [7, 11) is 1.62. The molecule has 1 aromatic carbocycles. The lowest BCUT2D eigenvalue weighted by Crippen LogP contribution is -1.99. The minimum absolute atomic E-state index is 0.242. The lowest BCUT2D eigenvalue weighted by molar-refractivity contribution is 0.171. The van der Waals surface area contributed by atoms with Crippen molar-refractivity contribution < 1.29 is 14.2 Å². The Morgan fingerprint density at radius 1 is 1.40 bits per heavy atom. The Morgan fingerprint density at radius 3 is 3.05 bits per heavy atom. The van der Waals surface area contributed by atoms with Crippen molar-refractivity contribution in [1.82, 2.24) is 9.78 Å². The minimum Gasteiger partial charge on any atom is -0.493 e. The van der Waals surface area contributed by atoms with Crippen molar-refractivity contribution in [3.8, 4) is 17.2 Å². The van der Waals surface area contributed by atoms with Crippen LogP contribution >= 0.6 is 0 Å². The van der Waals surface area contributed by atoms with Crippen LogP contribution in [0.2, 0.25) is 0 Å². The fraction of sp³-hybridized carbons (Fsp3) is 0.357. The number of aromatic nitrogens is 2. The van der Waals surface area contributed by atoms with Gasteiger partial charge < -0.3 is 19.5 Å². The molecule has 0 amide bonds. The zero-order chi connectivity index (χ0) is 13.9. The van der Waals surface area contributed by atoms with Gasteiger partial charge in [0.25, 0.3) is 0 Å². The first kappa shape index (κ1) is 12.7. The van der Waals surface area contributed by atoms with Crippen LogP contribution in [0.1, 0.15) is 12.5 Å². The molecule has 1 N–H and O–H groups in total. The maximum Gasteiger partial charge on any atom is 0.231 e. The average Bonchev–Trinajstić information content (AvgIpc) is 3.12. The first-order valence-electron chi connectivity index (χ1n) is 6.53. The second kappa shape index (κ2) is 5.32. The van der Waals surface area contributed by atoms with Crippen LogP contribution in [0.4, 0.5) is 5.69 Å². The first-order valence-corrected chi connectivity index (χ1v) is 6.53. The van der Waals surface area contributed by atoms with Gasteiger partial charge in [0.1, 0.15) is 0 Å². The van der Waals surface area contributed by atoms with E-state index >= 15 is 0 Å². The molecule has 0 unspecified atom stereocenters. The number of nitrogens with one attached hydrogen (secondary N) is 1. The highest BCUT2D eigenvalue weighted by Crippen LogP contribution is 2.41. The molecule has 6 nitrogen and oxygen atoms in total. The van der Waals surface area contributed by atoms with Crippen LogP contribution in [0.3, 0.4) is 0 Å². The van der Waals surface area contributed by atoms with E-state index in [9.17, 15) is 0 Å². The molecule has 0 saturated carbocycles. The summed E-state index contributed by atoms with van der Waals surface area (Å²) >= 11 is 0. The topological polar surface area (TPSA) is 57.5 Å². The van der Waals surface area contributed by atoms with E-state index in [-0.39, 0.29) is 6.79 Å². The van der Waals surface area contributed by atoms with Crippen LogP contribution in [0.15, 0.2) is 24.5 Å². The molecule has 3 rings (SSSR count). The number of hydrogen-bond donors (Lipinski definition) is 1. The lowest BCUT2D eigenvalue weighted by Gasteiger charge is -2.09. The van der Waals surface area contributed by atoms with Crippen molar-refractivity contribution in [3.05, 3.63) is 30.1 Å². The van der Waals surface area contributed by atoms with Crippen molar-refractivity contribution in [2.75, 3.05) is 19.2 Å². The summed E-state index contributed by atoms with van der Waals surface area (Å²) < 4.78 is 18.0. The molecule has 0 atom stereocenters. The van der Waals surface area contributed by atoms with Crippen LogP contribution in [-0.4, -0.2) is 23.7 Å². The smallest absolute Gasteiger partial charge is 0.231 e. The number of aryl methyl sites for hydroxylation is 1. The van der Waals surface area contributed by atoms with E-state index in [0.29, 0.717) is 18.0 Å². The van der Waals surface area contributed by atoms with Gasteiger partial charge in [0.2, 0.25) is 12.5 Å². The zero-order valence-electron chi connectivity index (χ0n) is 11.5. The molecule has 106 valence electrons. The van der Waals surface area contributed by atoms with Crippen molar-refractivity contribution in [3.63, 3.8) is 0 Å². The molecular weight excluding hydrogens is 258 g/mol. The predicted octanol–water partition coefficient (Wildman–Crippen LogP) is 2.25. The van der Waals surface area contributed by atoms with E-state index in [0.717, 1.165) is 23.5 Å². The Morgan fingerprint density at radius 2 is 2.30 bits per heavy atom. The Labute approximate surface area is 117 Å². The highest BCUT2D eigenvalue weighted by Gasteiger charge is 2.19. The molecule has 0 spiro atoms. The highest BCUT2D eigenvalue weighted by atomic mass is 16.7. The summed E-state index contributed by atoms with van der Waals surface area (Å²) in [6, 6.07) is 3.91. The molecular formula is C14H17N3O3. The van der Waals surface area contributed by atoms with Crippen LogP contribution in [0.25, 0.3) is 0 Å². The van der Waals surface area contributed by atoms with Crippen LogP contribution < -0.4 is 19.5 Å². The maximum absolute atomic E-state index is 5.41. The summed E-state index contributed by atoms with van der Waals surface area (Å²) in [5.74, 6) is 2.10. The number of anilines is 1.